The van der Waals surface area contributed by atoms with Crippen molar-refractivity contribution in [1.29, 1.82) is 0 Å². The van der Waals surface area contributed by atoms with Crippen LogP contribution >= 0.6 is 0 Å². The fraction of sp³-hybridized carbons (Fsp3) is 0.684. The quantitative estimate of drug-likeness (QED) is 0.887. The van der Waals surface area contributed by atoms with Crippen molar-refractivity contribution in [2.75, 3.05) is 6.54 Å². The number of nitrogens with zero attached hydrogens (tertiary/aromatic N) is 2. The van der Waals surface area contributed by atoms with Gasteiger partial charge in [-0.05, 0) is 43.2 Å². The molecule has 2 heterocycles. The van der Waals surface area contributed by atoms with Crippen LogP contribution in [0.2, 0.25) is 0 Å². The minimum absolute atomic E-state index is 0.0216. The number of carbonyl (C=O) groups excluding carboxylic acids is 1. The summed E-state index contributed by atoms with van der Waals surface area (Å²) in [5.74, 6) is 0.405. The Balaban J connectivity index is 1.83. The Bertz CT molecular complexity index is 689. The molecule has 2 aliphatic rings. The fourth-order valence-corrected chi connectivity index (χ4v) is 4.51. The number of hydrogen-bond donors (Lipinski definition) is 1. The third-order valence-electron chi connectivity index (χ3n) is 5.55. The summed E-state index contributed by atoms with van der Waals surface area (Å²) in [6, 6.07) is 1.16. The van der Waals surface area contributed by atoms with Gasteiger partial charge in [-0.25, -0.2) is 0 Å². The van der Waals surface area contributed by atoms with Gasteiger partial charge in [0.25, 0.3) is 0 Å². The maximum atomic E-state index is 13.3. The van der Waals surface area contributed by atoms with Gasteiger partial charge in [-0.2, -0.15) is 13.2 Å². The highest BCUT2D eigenvalue weighted by atomic mass is 19.4. The number of pyridine rings is 1. The zero-order valence-corrected chi connectivity index (χ0v) is 15.3. The lowest BCUT2D eigenvalue weighted by molar-refractivity contribution is -0.144. The highest BCUT2D eigenvalue weighted by Crippen LogP contribution is 2.45. The molecule has 1 aromatic rings. The SMILES string of the molecule is CC(C)C[C@]1(C(=O)N2CCc3ncc(C(F)(F)F)cc3C2)CC[C@@H](N)C1. The van der Waals surface area contributed by atoms with Gasteiger partial charge < -0.3 is 10.6 Å². The van der Waals surface area contributed by atoms with Gasteiger partial charge in [0.2, 0.25) is 5.91 Å². The average molecular weight is 369 g/mol. The summed E-state index contributed by atoms with van der Waals surface area (Å²) in [6.45, 7) is 4.87. The summed E-state index contributed by atoms with van der Waals surface area (Å²) in [5, 5.41) is 0. The molecule has 0 aromatic carbocycles. The van der Waals surface area contributed by atoms with E-state index >= 15 is 0 Å². The molecule has 2 N–H and O–H groups in total. The van der Waals surface area contributed by atoms with Crippen LogP contribution in [-0.2, 0) is 23.9 Å². The van der Waals surface area contributed by atoms with Crippen LogP contribution in [0.5, 0.6) is 0 Å². The maximum absolute atomic E-state index is 13.3. The van der Waals surface area contributed by atoms with Crippen LogP contribution in [0.25, 0.3) is 0 Å². The third kappa shape index (κ3) is 3.72. The molecule has 1 fully saturated rings. The monoisotopic (exact) mass is 369 g/mol. The Kier molecular flexibility index (Phi) is 5.03. The third-order valence-corrected chi connectivity index (χ3v) is 5.55. The number of nitrogens with two attached hydrogens (primary N) is 1. The molecule has 2 atom stereocenters. The van der Waals surface area contributed by atoms with Gasteiger partial charge in [-0.15, -0.1) is 0 Å². The zero-order valence-electron chi connectivity index (χ0n) is 15.3. The number of hydrogen-bond acceptors (Lipinski definition) is 3. The van der Waals surface area contributed by atoms with Gasteiger partial charge in [0.05, 0.1) is 11.0 Å². The van der Waals surface area contributed by atoms with E-state index in [0.717, 1.165) is 31.5 Å². The van der Waals surface area contributed by atoms with Crippen LogP contribution in [0.3, 0.4) is 0 Å². The summed E-state index contributed by atoms with van der Waals surface area (Å²) < 4.78 is 38.9. The minimum atomic E-state index is -4.43. The lowest BCUT2D eigenvalue weighted by Gasteiger charge is -2.38. The van der Waals surface area contributed by atoms with E-state index in [2.05, 4.69) is 18.8 Å². The topological polar surface area (TPSA) is 59.2 Å². The molecule has 1 aliphatic heterocycles. The van der Waals surface area contributed by atoms with E-state index in [-0.39, 0.29) is 18.5 Å². The summed E-state index contributed by atoms with van der Waals surface area (Å²) >= 11 is 0. The summed E-state index contributed by atoms with van der Waals surface area (Å²) in [6.07, 6.45) is -0.0447. The first kappa shape index (κ1) is 19.1. The molecule has 0 unspecified atom stereocenters. The molecule has 0 radical (unpaired) electrons. The molecule has 0 spiro atoms. The normalized spacial score (nSPS) is 26.3. The van der Waals surface area contributed by atoms with Crippen LogP contribution in [0, 0.1) is 11.3 Å². The van der Waals surface area contributed by atoms with E-state index in [1.807, 2.05) is 0 Å². The number of amides is 1. The largest absolute Gasteiger partial charge is 0.417 e. The van der Waals surface area contributed by atoms with E-state index in [1.54, 1.807) is 4.90 Å². The van der Waals surface area contributed by atoms with Crippen molar-refractivity contribution >= 4 is 5.91 Å². The smallest absolute Gasteiger partial charge is 0.337 e. The Labute approximate surface area is 152 Å². The summed E-state index contributed by atoms with van der Waals surface area (Å²) in [7, 11) is 0. The van der Waals surface area contributed by atoms with E-state index < -0.39 is 17.2 Å². The first-order valence-corrected chi connectivity index (χ1v) is 9.21. The molecule has 0 saturated heterocycles. The number of fused-ring (bicyclic) bond motifs is 1. The van der Waals surface area contributed by atoms with Crippen molar-refractivity contribution in [3.63, 3.8) is 0 Å². The second kappa shape index (κ2) is 6.83. The highest BCUT2D eigenvalue weighted by Gasteiger charge is 2.47. The first-order chi connectivity index (χ1) is 12.1. The molecule has 1 aromatic heterocycles. The molecule has 1 saturated carbocycles. The first-order valence-electron chi connectivity index (χ1n) is 9.21. The van der Waals surface area contributed by atoms with Crippen LogP contribution < -0.4 is 5.73 Å². The molecule has 4 nitrogen and oxygen atoms in total. The lowest BCUT2D eigenvalue weighted by Crippen LogP contribution is -2.46. The van der Waals surface area contributed by atoms with Crippen molar-refractivity contribution < 1.29 is 18.0 Å². The van der Waals surface area contributed by atoms with Crippen LogP contribution in [0.4, 0.5) is 13.2 Å². The number of rotatable bonds is 3. The zero-order chi connectivity index (χ0) is 19.1. The second-order valence-corrected chi connectivity index (χ2v) is 8.19. The molecule has 0 bridgehead atoms. The van der Waals surface area contributed by atoms with Gasteiger partial charge in [-0.1, -0.05) is 13.8 Å². The Morgan fingerprint density at radius 2 is 2.19 bits per heavy atom. The van der Waals surface area contributed by atoms with Gasteiger partial charge >= 0.3 is 6.18 Å². The second-order valence-electron chi connectivity index (χ2n) is 8.19. The van der Waals surface area contributed by atoms with E-state index in [9.17, 15) is 18.0 Å². The molecule has 26 heavy (non-hydrogen) atoms. The molecule has 7 heteroatoms. The van der Waals surface area contributed by atoms with Crippen molar-refractivity contribution in [3.8, 4) is 0 Å². The van der Waals surface area contributed by atoms with Gasteiger partial charge in [0.15, 0.2) is 0 Å². The predicted molar refractivity (Wildman–Crippen MR) is 92.1 cm³/mol. The Hall–Kier alpha value is -1.63. The molecular weight excluding hydrogens is 343 g/mol. The van der Waals surface area contributed by atoms with E-state index in [0.29, 0.717) is 36.6 Å². The Morgan fingerprint density at radius 3 is 2.77 bits per heavy atom. The van der Waals surface area contributed by atoms with Crippen molar-refractivity contribution in [1.82, 2.24) is 9.88 Å². The fourth-order valence-electron chi connectivity index (χ4n) is 4.51. The van der Waals surface area contributed by atoms with Gasteiger partial charge in [0.1, 0.15) is 0 Å². The number of halogens is 3. The molecule has 3 rings (SSSR count). The van der Waals surface area contributed by atoms with Crippen molar-refractivity contribution in [2.24, 2.45) is 17.1 Å². The van der Waals surface area contributed by atoms with Gasteiger partial charge in [0, 0.05) is 37.4 Å². The van der Waals surface area contributed by atoms with Crippen LogP contribution in [0.15, 0.2) is 12.3 Å². The van der Waals surface area contributed by atoms with Gasteiger partial charge in [-0.3, -0.25) is 9.78 Å². The summed E-state index contributed by atoms with van der Waals surface area (Å²) in [5.41, 5.74) is 6.02. The standard InChI is InChI=1S/C19H26F3N3O/c1-12(2)8-18(5-3-15(23)9-18)17(26)25-6-4-16-13(11-25)7-14(10-24-16)19(20,21)22/h7,10,12,15H,3-6,8-9,11,23H2,1-2H3/t15-,18-/m1/s1. The highest BCUT2D eigenvalue weighted by molar-refractivity contribution is 5.83. The number of aromatic nitrogens is 1. The van der Waals surface area contributed by atoms with E-state index in [4.69, 9.17) is 5.73 Å². The van der Waals surface area contributed by atoms with Crippen LogP contribution in [-0.4, -0.2) is 28.4 Å². The molecule has 1 amide bonds. The Morgan fingerprint density at radius 1 is 1.46 bits per heavy atom. The minimum Gasteiger partial charge on any atom is -0.337 e. The number of carbonyl (C=O) groups is 1. The predicted octanol–water partition coefficient (Wildman–Crippen LogP) is 3.53. The van der Waals surface area contributed by atoms with Crippen molar-refractivity contribution in [3.05, 3.63) is 29.1 Å². The lowest BCUT2D eigenvalue weighted by atomic mass is 9.76. The molecular formula is C19H26F3N3O. The number of alkyl halides is 3. The summed E-state index contributed by atoms with van der Waals surface area (Å²) in [4.78, 5) is 19.0. The van der Waals surface area contributed by atoms with E-state index in [1.165, 1.54) is 0 Å². The molecule has 1 aliphatic carbocycles. The van der Waals surface area contributed by atoms with Crippen LogP contribution in [0.1, 0.15) is 56.4 Å². The molecule has 144 valence electrons. The average Bonchev–Trinajstić information content (AvgIpc) is 2.93. The maximum Gasteiger partial charge on any atom is 0.417 e. The van der Waals surface area contributed by atoms with Crippen molar-refractivity contribution in [2.45, 2.75) is 64.7 Å².